The molecule has 0 bridgehead atoms. The number of fused-ring (bicyclic) bond motifs is 1. The van der Waals surface area contributed by atoms with E-state index in [-0.39, 0.29) is 11.3 Å². The Morgan fingerprint density at radius 2 is 1.93 bits per heavy atom. The monoisotopic (exact) mass is 378 g/mol. The van der Waals surface area contributed by atoms with Gasteiger partial charge in [-0.25, -0.2) is 9.78 Å². The maximum Gasteiger partial charge on any atom is 0.339 e. The highest BCUT2D eigenvalue weighted by Crippen LogP contribution is 2.31. The molecule has 0 spiro atoms. The van der Waals surface area contributed by atoms with Crippen LogP contribution in [0.25, 0.3) is 22.0 Å². The van der Waals surface area contributed by atoms with Crippen molar-refractivity contribution in [3.8, 4) is 11.3 Å². The van der Waals surface area contributed by atoms with Crippen molar-refractivity contribution in [2.24, 2.45) is 7.05 Å². The van der Waals surface area contributed by atoms with Gasteiger partial charge in [-0.1, -0.05) is 42.5 Å². The molecule has 2 heterocycles. The lowest BCUT2D eigenvalue weighted by Crippen LogP contribution is -2.16. The minimum Gasteiger partial charge on any atom is -0.478 e. The van der Waals surface area contributed by atoms with E-state index in [4.69, 9.17) is 0 Å². The standard InChI is InChI=1S/C19H14N4O3S/c1-23-9-14(18(25)26)16(22-23)17(24)21-19-20-15(10-27-19)13-8-4-6-11-5-2-3-7-12(11)13/h2-10H,1H3,(H,25,26)(H,20,21,24). The lowest BCUT2D eigenvalue weighted by Gasteiger charge is -2.03. The summed E-state index contributed by atoms with van der Waals surface area (Å²) >= 11 is 1.27. The maximum atomic E-state index is 12.4. The zero-order valence-corrected chi connectivity index (χ0v) is 15.0. The zero-order valence-electron chi connectivity index (χ0n) is 14.2. The molecule has 0 saturated heterocycles. The molecule has 2 aromatic carbocycles. The summed E-state index contributed by atoms with van der Waals surface area (Å²) in [6.45, 7) is 0. The van der Waals surface area contributed by atoms with Crippen molar-refractivity contribution >= 4 is 39.1 Å². The van der Waals surface area contributed by atoms with E-state index >= 15 is 0 Å². The lowest BCUT2D eigenvalue weighted by molar-refractivity contribution is 0.0692. The quantitative estimate of drug-likeness (QED) is 0.565. The summed E-state index contributed by atoms with van der Waals surface area (Å²) < 4.78 is 1.29. The molecule has 0 aliphatic rings. The third kappa shape index (κ3) is 3.18. The van der Waals surface area contributed by atoms with Crippen molar-refractivity contribution < 1.29 is 14.7 Å². The second-order valence-corrected chi connectivity index (χ2v) is 6.75. The fourth-order valence-electron chi connectivity index (χ4n) is 2.87. The second kappa shape index (κ2) is 6.65. The highest BCUT2D eigenvalue weighted by molar-refractivity contribution is 7.14. The first-order valence-electron chi connectivity index (χ1n) is 8.05. The molecule has 27 heavy (non-hydrogen) atoms. The Morgan fingerprint density at radius 3 is 2.74 bits per heavy atom. The van der Waals surface area contributed by atoms with Gasteiger partial charge in [0.05, 0.1) is 5.69 Å². The average molecular weight is 378 g/mol. The number of hydrogen-bond acceptors (Lipinski definition) is 5. The van der Waals surface area contributed by atoms with Crippen LogP contribution in [0.3, 0.4) is 0 Å². The van der Waals surface area contributed by atoms with Crippen LogP contribution >= 0.6 is 11.3 Å². The van der Waals surface area contributed by atoms with Gasteiger partial charge in [0.15, 0.2) is 10.8 Å². The van der Waals surface area contributed by atoms with Gasteiger partial charge >= 0.3 is 5.97 Å². The van der Waals surface area contributed by atoms with Crippen LogP contribution in [0.1, 0.15) is 20.8 Å². The van der Waals surface area contributed by atoms with Crippen LogP contribution in [0.5, 0.6) is 0 Å². The van der Waals surface area contributed by atoms with E-state index in [0.717, 1.165) is 22.0 Å². The molecule has 0 aliphatic carbocycles. The van der Waals surface area contributed by atoms with Gasteiger partial charge in [-0.2, -0.15) is 5.10 Å². The minimum absolute atomic E-state index is 0.146. The number of anilines is 1. The lowest BCUT2D eigenvalue weighted by atomic mass is 10.0. The number of nitrogens with zero attached hydrogens (tertiary/aromatic N) is 3. The summed E-state index contributed by atoms with van der Waals surface area (Å²) in [4.78, 5) is 28.2. The molecule has 8 heteroatoms. The van der Waals surface area contributed by atoms with Gasteiger partial charge in [0.1, 0.15) is 5.56 Å². The molecular weight excluding hydrogens is 364 g/mol. The number of rotatable bonds is 4. The Kier molecular flexibility index (Phi) is 4.17. The maximum absolute atomic E-state index is 12.4. The van der Waals surface area contributed by atoms with Crippen LogP contribution in [0, 0.1) is 0 Å². The normalized spacial score (nSPS) is 10.9. The zero-order chi connectivity index (χ0) is 19.0. The summed E-state index contributed by atoms with van der Waals surface area (Å²) in [5.41, 5.74) is 1.41. The molecule has 134 valence electrons. The molecule has 0 radical (unpaired) electrons. The third-order valence-electron chi connectivity index (χ3n) is 4.06. The predicted octanol–water partition coefficient (Wildman–Crippen LogP) is 3.65. The number of benzene rings is 2. The minimum atomic E-state index is -1.20. The van der Waals surface area contributed by atoms with Crippen LogP contribution in [-0.2, 0) is 7.05 Å². The summed E-state index contributed by atoms with van der Waals surface area (Å²) in [7, 11) is 1.56. The molecule has 0 aliphatic heterocycles. The fraction of sp³-hybridized carbons (Fsp3) is 0.0526. The molecule has 7 nitrogen and oxygen atoms in total. The number of carboxylic acid groups (broad SMARTS) is 1. The topological polar surface area (TPSA) is 97.1 Å². The highest BCUT2D eigenvalue weighted by atomic mass is 32.1. The number of hydrogen-bond donors (Lipinski definition) is 2. The SMILES string of the molecule is Cn1cc(C(=O)O)c(C(=O)Nc2nc(-c3cccc4ccccc34)cs2)n1. The van der Waals surface area contributed by atoms with E-state index in [1.165, 1.54) is 22.2 Å². The average Bonchev–Trinajstić information content (AvgIpc) is 3.28. The Morgan fingerprint density at radius 1 is 1.15 bits per heavy atom. The Hall–Kier alpha value is -3.52. The summed E-state index contributed by atoms with van der Waals surface area (Å²) in [6, 6.07) is 14.0. The van der Waals surface area contributed by atoms with E-state index in [9.17, 15) is 14.7 Å². The van der Waals surface area contributed by atoms with Crippen molar-refractivity contribution in [2.75, 3.05) is 5.32 Å². The first-order valence-corrected chi connectivity index (χ1v) is 8.93. The summed E-state index contributed by atoms with van der Waals surface area (Å²) in [5, 5.41) is 20.2. The molecule has 0 saturated carbocycles. The summed E-state index contributed by atoms with van der Waals surface area (Å²) in [5.74, 6) is -1.81. The molecule has 0 atom stereocenters. The third-order valence-corrected chi connectivity index (χ3v) is 4.82. The number of amides is 1. The van der Waals surface area contributed by atoms with Crippen molar-refractivity contribution in [1.82, 2.24) is 14.8 Å². The van der Waals surface area contributed by atoms with E-state index in [1.807, 2.05) is 47.8 Å². The van der Waals surface area contributed by atoms with Crippen LogP contribution in [0.2, 0.25) is 0 Å². The highest BCUT2D eigenvalue weighted by Gasteiger charge is 2.22. The Balaban J connectivity index is 1.64. The summed E-state index contributed by atoms with van der Waals surface area (Å²) in [6.07, 6.45) is 1.29. The Labute approximate surface area is 157 Å². The van der Waals surface area contributed by atoms with E-state index < -0.39 is 11.9 Å². The van der Waals surface area contributed by atoms with Crippen molar-refractivity contribution in [3.63, 3.8) is 0 Å². The molecule has 0 unspecified atom stereocenters. The van der Waals surface area contributed by atoms with Gasteiger partial charge in [0.2, 0.25) is 0 Å². The van der Waals surface area contributed by atoms with Crippen LogP contribution in [0.15, 0.2) is 54.0 Å². The van der Waals surface area contributed by atoms with Crippen LogP contribution < -0.4 is 5.32 Å². The first-order chi connectivity index (χ1) is 13.0. The number of thiazole rings is 1. The van der Waals surface area contributed by atoms with E-state index in [1.54, 1.807) is 7.05 Å². The number of aromatic nitrogens is 3. The van der Waals surface area contributed by atoms with Gasteiger partial charge < -0.3 is 5.11 Å². The fourth-order valence-corrected chi connectivity index (χ4v) is 3.58. The van der Waals surface area contributed by atoms with E-state index in [2.05, 4.69) is 15.4 Å². The number of aromatic carboxylic acids is 1. The van der Waals surface area contributed by atoms with Crippen LogP contribution in [-0.4, -0.2) is 31.7 Å². The molecular formula is C19H14N4O3S. The van der Waals surface area contributed by atoms with E-state index in [0.29, 0.717) is 5.13 Å². The second-order valence-electron chi connectivity index (χ2n) is 5.89. The molecule has 2 N–H and O–H groups in total. The Bertz CT molecular complexity index is 1170. The number of carbonyl (C=O) groups is 2. The van der Waals surface area contributed by atoms with Gasteiger partial charge in [-0.15, -0.1) is 11.3 Å². The number of aryl methyl sites for hydroxylation is 1. The van der Waals surface area contributed by atoms with Gasteiger partial charge in [0, 0.05) is 24.2 Å². The predicted molar refractivity (Wildman–Crippen MR) is 103 cm³/mol. The number of carboxylic acids is 1. The van der Waals surface area contributed by atoms with Crippen molar-refractivity contribution in [3.05, 3.63) is 65.3 Å². The van der Waals surface area contributed by atoms with Gasteiger partial charge in [-0.05, 0) is 10.8 Å². The molecule has 4 aromatic rings. The molecule has 0 fully saturated rings. The van der Waals surface area contributed by atoms with Crippen molar-refractivity contribution in [1.29, 1.82) is 0 Å². The largest absolute Gasteiger partial charge is 0.478 e. The number of nitrogens with one attached hydrogen (secondary N) is 1. The smallest absolute Gasteiger partial charge is 0.339 e. The van der Waals surface area contributed by atoms with Crippen LogP contribution in [0.4, 0.5) is 5.13 Å². The number of carbonyl (C=O) groups excluding carboxylic acids is 1. The van der Waals surface area contributed by atoms with Gasteiger partial charge in [-0.3, -0.25) is 14.8 Å². The van der Waals surface area contributed by atoms with Crippen molar-refractivity contribution in [2.45, 2.75) is 0 Å². The molecule has 4 rings (SSSR count). The molecule has 2 aromatic heterocycles. The first kappa shape index (κ1) is 16.9. The van der Waals surface area contributed by atoms with Gasteiger partial charge in [0.25, 0.3) is 5.91 Å². The molecule has 1 amide bonds.